The number of hydrogen-bond acceptors (Lipinski definition) is 11. The van der Waals surface area contributed by atoms with E-state index in [4.69, 9.17) is 27.8 Å². The minimum absolute atomic E-state index is 0. The standard InChI is InChI=1S/C23H24N4O6S.H2S/c1-27(34-33-26-23-21-16(28-2)7-5-8-17(21)32-25-23)22-18(29-3)9-6-10-19(22)31-14-15-11-12-24-20(13-15)30-4;/h5-13H,14H2,1-4H3,(H,25,26);1H2. The van der Waals surface area contributed by atoms with Crippen LogP contribution >= 0.6 is 25.7 Å². The van der Waals surface area contributed by atoms with Crippen molar-refractivity contribution in [3.8, 4) is 23.1 Å². The van der Waals surface area contributed by atoms with Crippen molar-refractivity contribution < 1.29 is 27.8 Å². The quantitative estimate of drug-likeness (QED) is 0.165. The minimum atomic E-state index is 0. The highest BCUT2D eigenvalue weighted by Gasteiger charge is 2.18. The van der Waals surface area contributed by atoms with Gasteiger partial charge in [-0.2, -0.15) is 17.8 Å². The monoisotopic (exact) mass is 518 g/mol. The molecule has 0 radical (unpaired) electrons. The van der Waals surface area contributed by atoms with Gasteiger partial charge < -0.3 is 23.5 Å². The van der Waals surface area contributed by atoms with E-state index in [9.17, 15) is 0 Å². The average molecular weight is 519 g/mol. The number of hydrogen-bond donors (Lipinski definition) is 1. The second-order valence-corrected chi connectivity index (χ2v) is 7.79. The van der Waals surface area contributed by atoms with E-state index >= 15 is 0 Å². The number of fused-ring (bicyclic) bond motifs is 1. The Hall–Kier alpha value is -3.48. The second-order valence-electron chi connectivity index (χ2n) is 6.92. The Morgan fingerprint density at radius 3 is 2.49 bits per heavy atom. The lowest BCUT2D eigenvalue weighted by molar-refractivity contribution is 0.303. The number of nitrogens with zero attached hydrogens (tertiary/aromatic N) is 3. The van der Waals surface area contributed by atoms with Crippen LogP contribution in [-0.2, 0) is 10.9 Å². The first-order valence-electron chi connectivity index (χ1n) is 10.2. The maximum Gasteiger partial charge on any atom is 0.213 e. The number of anilines is 2. The molecule has 2 heterocycles. The van der Waals surface area contributed by atoms with Crippen LogP contribution in [0.5, 0.6) is 23.1 Å². The number of para-hydroxylation sites is 1. The van der Waals surface area contributed by atoms with E-state index in [0.29, 0.717) is 52.2 Å². The van der Waals surface area contributed by atoms with Crippen molar-refractivity contribution in [3.05, 3.63) is 60.3 Å². The number of methoxy groups -OCH3 is 3. The zero-order chi connectivity index (χ0) is 23.9. The number of aromatic nitrogens is 2. The Morgan fingerprint density at radius 2 is 1.71 bits per heavy atom. The van der Waals surface area contributed by atoms with Gasteiger partial charge in [0.25, 0.3) is 0 Å². The van der Waals surface area contributed by atoms with Crippen LogP contribution in [0.1, 0.15) is 5.56 Å². The molecule has 1 N–H and O–H groups in total. The van der Waals surface area contributed by atoms with Gasteiger partial charge in [-0.25, -0.2) is 10.5 Å². The Balaban J connectivity index is 0.00000342. The van der Waals surface area contributed by atoms with Crippen molar-refractivity contribution in [2.24, 2.45) is 0 Å². The van der Waals surface area contributed by atoms with E-state index in [1.807, 2.05) is 49.5 Å². The Kier molecular flexibility index (Phi) is 9.18. The van der Waals surface area contributed by atoms with Crippen LogP contribution in [0.25, 0.3) is 11.0 Å². The molecular weight excluding hydrogens is 492 g/mol. The lowest BCUT2D eigenvalue weighted by Crippen LogP contribution is -2.12. The lowest BCUT2D eigenvalue weighted by Gasteiger charge is -2.22. The maximum absolute atomic E-state index is 6.09. The SMILES string of the molecule is COc1cc(COc2cccc(OC)c2N(C)SONc2noc3cccc(OC)c23)ccn1.S. The lowest BCUT2D eigenvalue weighted by atomic mass is 10.2. The van der Waals surface area contributed by atoms with Crippen LogP contribution in [0.3, 0.4) is 0 Å². The predicted molar refractivity (Wildman–Crippen MR) is 140 cm³/mol. The molecular formula is C23H26N4O6S2. The first-order chi connectivity index (χ1) is 16.6. The molecule has 186 valence electrons. The predicted octanol–water partition coefficient (Wildman–Crippen LogP) is 4.98. The van der Waals surface area contributed by atoms with Crippen molar-refractivity contribution in [3.63, 3.8) is 0 Å². The summed E-state index contributed by atoms with van der Waals surface area (Å²) in [4.78, 5) is 4.12. The highest BCUT2D eigenvalue weighted by atomic mass is 32.2. The third-order valence-corrected chi connectivity index (χ3v) is 5.43. The number of ether oxygens (including phenoxy) is 4. The van der Waals surface area contributed by atoms with Crippen molar-refractivity contribution in [2.75, 3.05) is 38.2 Å². The highest BCUT2D eigenvalue weighted by molar-refractivity contribution is 7.96. The van der Waals surface area contributed by atoms with E-state index in [1.165, 1.54) is 0 Å². The largest absolute Gasteiger partial charge is 0.496 e. The zero-order valence-electron chi connectivity index (χ0n) is 19.6. The van der Waals surface area contributed by atoms with E-state index < -0.39 is 0 Å². The van der Waals surface area contributed by atoms with Crippen LogP contribution in [0.15, 0.2) is 59.3 Å². The maximum atomic E-state index is 6.09. The normalized spacial score (nSPS) is 10.4. The summed E-state index contributed by atoms with van der Waals surface area (Å²) in [5.41, 5.74) is 5.00. The molecule has 4 aromatic rings. The summed E-state index contributed by atoms with van der Waals surface area (Å²) >= 11 is 1.03. The first kappa shape index (κ1) is 26.1. The topological polar surface area (TPSA) is 100 Å². The van der Waals surface area contributed by atoms with Gasteiger partial charge in [0.15, 0.2) is 5.58 Å². The number of pyridine rings is 1. The van der Waals surface area contributed by atoms with E-state index in [1.54, 1.807) is 37.9 Å². The summed E-state index contributed by atoms with van der Waals surface area (Å²) in [6.07, 6.45) is 1.67. The molecule has 2 aromatic heterocycles. The molecule has 0 bridgehead atoms. The molecule has 0 amide bonds. The van der Waals surface area contributed by atoms with Crippen LogP contribution in [-0.4, -0.2) is 38.5 Å². The van der Waals surface area contributed by atoms with Gasteiger partial charge in [-0.1, -0.05) is 17.3 Å². The second kappa shape index (κ2) is 12.3. The smallest absolute Gasteiger partial charge is 0.213 e. The number of benzene rings is 2. The van der Waals surface area contributed by atoms with Gasteiger partial charge in [0.05, 0.1) is 21.3 Å². The van der Waals surface area contributed by atoms with Gasteiger partial charge in [0.2, 0.25) is 11.7 Å². The summed E-state index contributed by atoms with van der Waals surface area (Å²) < 4.78 is 34.9. The molecule has 4 rings (SSSR count). The Labute approximate surface area is 214 Å². The third kappa shape index (κ3) is 5.96. The van der Waals surface area contributed by atoms with Crippen molar-refractivity contribution in [1.29, 1.82) is 0 Å². The summed E-state index contributed by atoms with van der Waals surface area (Å²) in [6.45, 7) is 0.321. The molecule has 0 fully saturated rings. The van der Waals surface area contributed by atoms with Crippen molar-refractivity contribution in [2.45, 2.75) is 6.61 Å². The number of rotatable bonds is 11. The molecule has 35 heavy (non-hydrogen) atoms. The summed E-state index contributed by atoms with van der Waals surface area (Å²) in [7, 11) is 6.58. The molecule has 10 nitrogen and oxygen atoms in total. The molecule has 2 aromatic carbocycles. The highest BCUT2D eigenvalue weighted by Crippen LogP contribution is 2.41. The Morgan fingerprint density at radius 1 is 0.971 bits per heavy atom. The van der Waals surface area contributed by atoms with Crippen molar-refractivity contribution >= 4 is 48.2 Å². The fraction of sp³-hybridized carbons (Fsp3) is 0.217. The van der Waals surface area contributed by atoms with Crippen LogP contribution in [0.2, 0.25) is 0 Å². The first-order valence-corrected chi connectivity index (χ1v) is 10.9. The molecule has 0 aliphatic rings. The molecule has 0 unspecified atom stereocenters. The zero-order valence-corrected chi connectivity index (χ0v) is 21.4. The van der Waals surface area contributed by atoms with E-state index in [0.717, 1.165) is 17.8 Å². The van der Waals surface area contributed by atoms with Crippen molar-refractivity contribution in [1.82, 2.24) is 10.1 Å². The molecule has 0 aliphatic heterocycles. The van der Waals surface area contributed by atoms with Gasteiger partial charge >= 0.3 is 0 Å². The van der Waals surface area contributed by atoms with Gasteiger partial charge in [-0.3, -0.25) is 4.31 Å². The molecule has 0 saturated heterocycles. The summed E-state index contributed by atoms with van der Waals surface area (Å²) in [5.74, 6) is 2.78. The number of nitrogens with one attached hydrogen (secondary N) is 1. The van der Waals surface area contributed by atoms with Gasteiger partial charge in [-0.05, 0) is 35.9 Å². The van der Waals surface area contributed by atoms with Crippen LogP contribution < -0.4 is 28.7 Å². The van der Waals surface area contributed by atoms with Gasteiger partial charge in [-0.15, -0.1) is 0 Å². The fourth-order valence-electron chi connectivity index (χ4n) is 3.26. The summed E-state index contributed by atoms with van der Waals surface area (Å²) in [5, 5.41) is 4.70. The third-order valence-electron chi connectivity index (χ3n) is 4.87. The summed E-state index contributed by atoms with van der Waals surface area (Å²) in [6, 6.07) is 14.7. The van der Waals surface area contributed by atoms with E-state index in [-0.39, 0.29) is 13.5 Å². The van der Waals surface area contributed by atoms with Crippen LogP contribution in [0, 0.1) is 0 Å². The molecule has 0 atom stereocenters. The van der Waals surface area contributed by atoms with Gasteiger partial charge in [0, 0.05) is 19.3 Å². The van der Waals surface area contributed by atoms with Gasteiger partial charge in [0.1, 0.15) is 47.2 Å². The minimum Gasteiger partial charge on any atom is -0.496 e. The average Bonchev–Trinajstić information content (AvgIpc) is 3.30. The molecule has 12 heteroatoms. The van der Waals surface area contributed by atoms with E-state index in [2.05, 4.69) is 15.6 Å². The molecule has 0 spiro atoms. The molecule has 0 saturated carbocycles. The Bertz CT molecular complexity index is 1260. The van der Waals surface area contributed by atoms with Crippen LogP contribution in [0.4, 0.5) is 11.5 Å². The molecule has 0 aliphatic carbocycles. The fourth-order valence-corrected chi connectivity index (χ4v) is 3.74.